The van der Waals surface area contributed by atoms with Gasteiger partial charge in [-0.3, -0.25) is 9.59 Å². The predicted molar refractivity (Wildman–Crippen MR) is 71.7 cm³/mol. The van der Waals surface area contributed by atoms with Crippen molar-refractivity contribution in [2.24, 2.45) is 0 Å². The number of hydrogen-bond donors (Lipinski definition) is 3. The first-order valence-corrected chi connectivity index (χ1v) is 6.79. The number of likely N-dealkylation sites (tertiary alicyclic amines) is 1. The van der Waals surface area contributed by atoms with Crippen molar-refractivity contribution in [2.75, 3.05) is 11.9 Å². The zero-order chi connectivity index (χ0) is 14.9. The first-order valence-electron chi connectivity index (χ1n) is 5.97. The van der Waals surface area contributed by atoms with Crippen molar-refractivity contribution >= 4 is 34.1 Å². The molecule has 7 nitrogen and oxygen atoms in total. The van der Waals surface area contributed by atoms with Gasteiger partial charge in [0.05, 0.1) is 16.0 Å². The predicted octanol–water partition coefficient (Wildman–Crippen LogP) is 0.366. The number of carbonyl (C=O) groups is 3. The summed E-state index contributed by atoms with van der Waals surface area (Å²) in [6, 6.07) is 2.10. The van der Waals surface area contributed by atoms with Gasteiger partial charge >= 0.3 is 5.97 Å². The van der Waals surface area contributed by atoms with Gasteiger partial charge in [-0.1, -0.05) is 0 Å². The van der Waals surface area contributed by atoms with E-state index < -0.39 is 24.0 Å². The average Bonchev–Trinajstić information content (AvgIpc) is 2.94. The summed E-state index contributed by atoms with van der Waals surface area (Å²) in [5.41, 5.74) is 0. The van der Waals surface area contributed by atoms with E-state index in [1.807, 2.05) is 0 Å². The number of amides is 2. The number of hydrogen-bond acceptors (Lipinski definition) is 5. The van der Waals surface area contributed by atoms with Crippen LogP contribution in [0.5, 0.6) is 0 Å². The van der Waals surface area contributed by atoms with E-state index in [2.05, 4.69) is 5.32 Å². The van der Waals surface area contributed by atoms with Gasteiger partial charge in [0.15, 0.2) is 0 Å². The van der Waals surface area contributed by atoms with Gasteiger partial charge in [0.2, 0.25) is 5.91 Å². The maximum atomic E-state index is 12.3. The van der Waals surface area contributed by atoms with Crippen LogP contribution < -0.4 is 5.32 Å². The van der Waals surface area contributed by atoms with E-state index in [9.17, 15) is 19.5 Å². The summed E-state index contributed by atoms with van der Waals surface area (Å²) in [6.07, 6.45) is -0.791. The Morgan fingerprint density at radius 3 is 2.70 bits per heavy atom. The van der Waals surface area contributed by atoms with Crippen LogP contribution in [0.4, 0.5) is 5.00 Å². The Morgan fingerprint density at radius 2 is 2.10 bits per heavy atom. The molecular formula is C12H14N2O5S. The third-order valence-electron chi connectivity index (χ3n) is 2.94. The van der Waals surface area contributed by atoms with Gasteiger partial charge in [0, 0.05) is 19.9 Å². The van der Waals surface area contributed by atoms with E-state index in [1.54, 1.807) is 6.07 Å². The van der Waals surface area contributed by atoms with Crippen LogP contribution in [0.25, 0.3) is 0 Å². The summed E-state index contributed by atoms with van der Waals surface area (Å²) < 4.78 is 0. The number of anilines is 1. The molecule has 0 saturated carbocycles. The number of β-amino-alcohol motifs (C(OH)–C–C–N with tert-alkyl or cyclic N) is 1. The number of aliphatic carboxylic acids is 1. The Balaban J connectivity index is 2.16. The highest BCUT2D eigenvalue weighted by Crippen LogP contribution is 2.27. The molecule has 1 fully saturated rings. The lowest BCUT2D eigenvalue weighted by molar-refractivity contribution is -0.141. The zero-order valence-corrected chi connectivity index (χ0v) is 11.5. The van der Waals surface area contributed by atoms with Crippen molar-refractivity contribution in [1.82, 2.24) is 4.90 Å². The number of carboxylic acids is 1. The molecule has 2 atom stereocenters. The Bertz CT molecular complexity index is 556. The standard InChI is InChI=1S/C12H14N2O5S/c1-6(15)13-10-3-2-9(20-10)11(17)14-5-7(16)4-8(14)12(18)19/h2-3,7-8,16H,4-5H2,1H3,(H,13,15)(H,18,19)/t7?,8-/m0/s1. The van der Waals surface area contributed by atoms with Crippen LogP contribution >= 0.6 is 11.3 Å². The van der Waals surface area contributed by atoms with Gasteiger partial charge in [-0.2, -0.15) is 0 Å². The maximum Gasteiger partial charge on any atom is 0.326 e. The second kappa shape index (κ2) is 5.59. The Labute approximate surface area is 118 Å². The summed E-state index contributed by atoms with van der Waals surface area (Å²) in [7, 11) is 0. The highest BCUT2D eigenvalue weighted by Gasteiger charge is 2.39. The van der Waals surface area contributed by atoms with E-state index in [-0.39, 0.29) is 18.9 Å². The van der Waals surface area contributed by atoms with Crippen LogP contribution in [0.3, 0.4) is 0 Å². The lowest BCUT2D eigenvalue weighted by Gasteiger charge is -2.20. The largest absolute Gasteiger partial charge is 0.480 e. The number of rotatable bonds is 3. The number of thiophene rings is 1. The van der Waals surface area contributed by atoms with E-state index in [0.29, 0.717) is 9.88 Å². The molecule has 2 amide bonds. The second-order valence-electron chi connectivity index (χ2n) is 4.55. The molecule has 0 radical (unpaired) electrons. The van der Waals surface area contributed by atoms with Crippen LogP contribution in [0.15, 0.2) is 12.1 Å². The summed E-state index contributed by atoms with van der Waals surface area (Å²) in [5.74, 6) is -1.82. The molecule has 0 aromatic carbocycles. The van der Waals surface area contributed by atoms with Crippen molar-refractivity contribution in [1.29, 1.82) is 0 Å². The van der Waals surface area contributed by atoms with E-state index in [0.717, 1.165) is 16.2 Å². The number of aliphatic hydroxyl groups excluding tert-OH is 1. The molecule has 2 rings (SSSR count). The molecule has 0 spiro atoms. The summed E-state index contributed by atoms with van der Waals surface area (Å²) in [4.78, 5) is 35.7. The topological polar surface area (TPSA) is 107 Å². The van der Waals surface area contributed by atoms with Crippen LogP contribution in [0.1, 0.15) is 23.0 Å². The van der Waals surface area contributed by atoms with E-state index in [4.69, 9.17) is 5.11 Å². The summed E-state index contributed by atoms with van der Waals surface area (Å²) in [6.45, 7) is 1.36. The minimum atomic E-state index is -1.13. The maximum absolute atomic E-state index is 12.3. The van der Waals surface area contributed by atoms with Crippen LogP contribution in [0, 0.1) is 0 Å². The van der Waals surface area contributed by atoms with Crippen molar-refractivity contribution in [3.63, 3.8) is 0 Å². The smallest absolute Gasteiger partial charge is 0.326 e. The molecule has 0 bridgehead atoms. The minimum Gasteiger partial charge on any atom is -0.480 e. The lowest BCUT2D eigenvalue weighted by Crippen LogP contribution is -2.40. The number of carbonyl (C=O) groups excluding carboxylic acids is 2. The lowest BCUT2D eigenvalue weighted by atomic mass is 10.2. The molecular weight excluding hydrogens is 284 g/mol. The molecule has 8 heteroatoms. The third-order valence-corrected chi connectivity index (χ3v) is 3.93. The normalized spacial score (nSPS) is 21.8. The quantitative estimate of drug-likeness (QED) is 0.747. The zero-order valence-electron chi connectivity index (χ0n) is 10.7. The van der Waals surface area contributed by atoms with Gasteiger partial charge in [-0.05, 0) is 12.1 Å². The van der Waals surface area contributed by atoms with Crippen LogP contribution in [-0.2, 0) is 9.59 Å². The van der Waals surface area contributed by atoms with Gasteiger partial charge in [-0.15, -0.1) is 11.3 Å². The van der Waals surface area contributed by atoms with Gasteiger partial charge in [0.25, 0.3) is 5.91 Å². The van der Waals surface area contributed by atoms with E-state index >= 15 is 0 Å². The second-order valence-corrected chi connectivity index (χ2v) is 5.63. The van der Waals surface area contributed by atoms with Crippen LogP contribution in [-0.4, -0.2) is 51.6 Å². The van der Waals surface area contributed by atoms with Gasteiger partial charge in [-0.25, -0.2) is 4.79 Å². The summed E-state index contributed by atoms with van der Waals surface area (Å²) in [5, 5.41) is 21.7. The number of carboxylic acid groups (broad SMARTS) is 1. The Morgan fingerprint density at radius 1 is 1.40 bits per heavy atom. The molecule has 3 N–H and O–H groups in total. The Kier molecular flexibility index (Phi) is 4.05. The fourth-order valence-corrected chi connectivity index (χ4v) is 3.02. The molecule has 0 aliphatic carbocycles. The molecule has 1 saturated heterocycles. The fourth-order valence-electron chi connectivity index (χ4n) is 2.11. The van der Waals surface area contributed by atoms with Gasteiger partial charge < -0.3 is 20.4 Å². The highest BCUT2D eigenvalue weighted by atomic mass is 32.1. The average molecular weight is 298 g/mol. The molecule has 1 aliphatic heterocycles. The summed E-state index contributed by atoms with van der Waals surface area (Å²) >= 11 is 1.07. The first kappa shape index (κ1) is 14.5. The molecule has 108 valence electrons. The highest BCUT2D eigenvalue weighted by molar-refractivity contribution is 7.18. The molecule has 1 aromatic rings. The van der Waals surface area contributed by atoms with Crippen molar-refractivity contribution < 1.29 is 24.6 Å². The molecule has 1 aliphatic rings. The SMILES string of the molecule is CC(=O)Nc1ccc(C(=O)N2CC(O)C[C@H]2C(=O)O)s1. The monoisotopic (exact) mass is 298 g/mol. The number of nitrogens with one attached hydrogen (secondary N) is 1. The fraction of sp³-hybridized carbons (Fsp3) is 0.417. The Hall–Kier alpha value is -1.93. The van der Waals surface area contributed by atoms with Crippen molar-refractivity contribution in [3.8, 4) is 0 Å². The molecule has 20 heavy (non-hydrogen) atoms. The molecule has 1 unspecified atom stereocenters. The first-order chi connectivity index (χ1) is 9.38. The van der Waals surface area contributed by atoms with E-state index in [1.165, 1.54) is 13.0 Å². The third kappa shape index (κ3) is 2.97. The number of nitrogens with zero attached hydrogens (tertiary/aromatic N) is 1. The number of aliphatic hydroxyl groups is 1. The van der Waals surface area contributed by atoms with Crippen molar-refractivity contribution in [2.45, 2.75) is 25.5 Å². The van der Waals surface area contributed by atoms with Crippen LogP contribution in [0.2, 0.25) is 0 Å². The van der Waals surface area contributed by atoms with Crippen molar-refractivity contribution in [3.05, 3.63) is 17.0 Å². The molecule has 2 heterocycles. The molecule has 1 aromatic heterocycles. The minimum absolute atomic E-state index is 0.00315. The van der Waals surface area contributed by atoms with Gasteiger partial charge in [0.1, 0.15) is 6.04 Å².